The summed E-state index contributed by atoms with van der Waals surface area (Å²) < 4.78 is 3.27. The van der Waals surface area contributed by atoms with E-state index in [1.807, 2.05) is 49.4 Å². The molecule has 7 nitrogen and oxygen atoms in total. The number of rotatable bonds is 6. The smallest absolute Gasteiger partial charge is 0.278 e. The van der Waals surface area contributed by atoms with Gasteiger partial charge in [0.2, 0.25) is 11.5 Å². The molecule has 0 saturated carbocycles. The van der Waals surface area contributed by atoms with Crippen LogP contribution < -0.4 is 21.2 Å². The molecule has 0 aliphatic rings. The summed E-state index contributed by atoms with van der Waals surface area (Å²) in [4.78, 5) is 31.0. The average Bonchev–Trinajstić information content (AvgIpc) is 2.77. The van der Waals surface area contributed by atoms with Gasteiger partial charge in [0.05, 0.1) is 6.54 Å². The van der Waals surface area contributed by atoms with E-state index in [1.165, 1.54) is 4.40 Å². The lowest BCUT2D eigenvalue weighted by atomic mass is 10.1. The van der Waals surface area contributed by atoms with E-state index < -0.39 is 0 Å². The Balaban J connectivity index is 1.99. The molecule has 0 atom stereocenters. The van der Waals surface area contributed by atoms with Crippen LogP contribution >= 0.6 is 0 Å². The molecule has 158 valence electrons. The molecule has 0 radical (unpaired) electrons. The zero-order chi connectivity index (χ0) is 22.0. The number of aromatic nitrogens is 3. The summed E-state index contributed by atoms with van der Waals surface area (Å²) in [6.07, 6.45) is 3.53. The molecule has 0 fully saturated rings. The number of nitrogens with zero attached hydrogens (tertiary/aromatic N) is 3. The van der Waals surface area contributed by atoms with Gasteiger partial charge in [-0.1, -0.05) is 54.7 Å². The quantitative estimate of drug-likeness (QED) is 0.287. The van der Waals surface area contributed by atoms with E-state index in [9.17, 15) is 9.59 Å². The molecule has 7 heteroatoms. The minimum atomic E-state index is -0.289. The van der Waals surface area contributed by atoms with Gasteiger partial charge in [-0.05, 0) is 31.0 Å². The second kappa shape index (κ2) is 8.55. The maximum absolute atomic E-state index is 13.3. The molecule has 0 saturated heterocycles. The number of carbonyl (C=O) groups excluding carboxylic acids is 1. The first-order valence-corrected chi connectivity index (χ1v) is 10.5. The van der Waals surface area contributed by atoms with Crippen molar-refractivity contribution in [2.45, 2.75) is 33.2 Å². The van der Waals surface area contributed by atoms with Crippen LogP contribution in [0.15, 0.2) is 59.5 Å². The number of anilines is 1. The topological polar surface area (TPSA) is 93.4 Å². The Labute approximate surface area is 180 Å². The Bertz CT molecular complexity index is 1330. The van der Waals surface area contributed by atoms with Gasteiger partial charge < -0.3 is 11.1 Å². The van der Waals surface area contributed by atoms with Gasteiger partial charge in [-0.25, -0.2) is 4.57 Å². The summed E-state index contributed by atoms with van der Waals surface area (Å²) in [5.74, 6) is -0.00131. The van der Waals surface area contributed by atoms with Crippen LogP contribution in [-0.2, 0) is 6.54 Å². The van der Waals surface area contributed by atoms with Gasteiger partial charge in [0, 0.05) is 18.3 Å². The van der Waals surface area contributed by atoms with E-state index in [-0.39, 0.29) is 22.8 Å². The van der Waals surface area contributed by atoms with Crippen molar-refractivity contribution in [3.8, 4) is 0 Å². The van der Waals surface area contributed by atoms with Gasteiger partial charge in [-0.2, -0.15) is 0 Å². The Morgan fingerprint density at radius 1 is 1.19 bits per heavy atom. The molecular weight excluding hydrogens is 390 g/mol. The molecule has 31 heavy (non-hydrogen) atoms. The number of fused-ring (bicyclic) bond motifs is 2. The summed E-state index contributed by atoms with van der Waals surface area (Å²) >= 11 is 0. The Hall–Kier alpha value is -3.74. The molecule has 0 aliphatic carbocycles. The SMILES string of the molecule is CCCCNC(=O)c1cc2c(=O)n3cccc(C)c3nc2[n+](Cc2ccccc2)c1N. The molecular formula is C24H26N5O2+. The standard InChI is InChI=1S/C24H25N5O2/c1-3-4-12-26-23(30)18-14-19-22(27-21-16(2)9-8-13-28(21)24(19)31)29(20(18)25)15-17-10-6-5-7-11-17/h5-11,13-14,25H,3-4,12,15H2,1-2H3,(H,26,30)/p+1. The molecule has 3 heterocycles. The number of carbonyl (C=O) groups is 1. The summed E-state index contributed by atoms with van der Waals surface area (Å²) in [6.45, 7) is 4.92. The van der Waals surface area contributed by atoms with Crippen molar-refractivity contribution in [2.24, 2.45) is 0 Å². The van der Waals surface area contributed by atoms with Crippen LogP contribution in [0.25, 0.3) is 16.7 Å². The maximum atomic E-state index is 13.3. The number of hydrogen-bond donors (Lipinski definition) is 2. The fourth-order valence-corrected chi connectivity index (χ4v) is 3.69. The number of hydrogen-bond acceptors (Lipinski definition) is 4. The second-order valence-electron chi connectivity index (χ2n) is 7.66. The van der Waals surface area contributed by atoms with Crippen LogP contribution in [-0.4, -0.2) is 21.8 Å². The highest BCUT2D eigenvalue weighted by Crippen LogP contribution is 2.16. The van der Waals surface area contributed by atoms with Crippen LogP contribution in [0.1, 0.15) is 41.3 Å². The first-order valence-electron chi connectivity index (χ1n) is 10.5. The fourth-order valence-electron chi connectivity index (χ4n) is 3.69. The minimum absolute atomic E-state index is 0.229. The van der Waals surface area contributed by atoms with Crippen molar-refractivity contribution < 1.29 is 9.36 Å². The number of unbranched alkanes of at least 4 members (excludes halogenated alkanes) is 1. The van der Waals surface area contributed by atoms with Gasteiger partial charge in [0.15, 0.2) is 0 Å². The van der Waals surface area contributed by atoms with E-state index in [4.69, 9.17) is 10.7 Å². The third-order valence-corrected chi connectivity index (χ3v) is 5.42. The normalized spacial score (nSPS) is 11.2. The van der Waals surface area contributed by atoms with Gasteiger partial charge in [-0.3, -0.25) is 14.0 Å². The summed E-state index contributed by atoms with van der Waals surface area (Å²) in [5.41, 5.74) is 9.46. The highest BCUT2D eigenvalue weighted by molar-refractivity contribution is 6.00. The zero-order valence-corrected chi connectivity index (χ0v) is 17.8. The maximum Gasteiger partial charge on any atom is 0.278 e. The first-order chi connectivity index (χ1) is 15.0. The van der Waals surface area contributed by atoms with Crippen molar-refractivity contribution in [3.05, 3.63) is 81.8 Å². The number of amides is 1. The predicted octanol–water partition coefficient (Wildman–Crippen LogP) is 2.60. The van der Waals surface area contributed by atoms with Gasteiger partial charge in [0.25, 0.3) is 17.1 Å². The Kier molecular flexibility index (Phi) is 5.66. The summed E-state index contributed by atoms with van der Waals surface area (Å²) in [7, 11) is 0. The van der Waals surface area contributed by atoms with E-state index in [2.05, 4.69) is 12.2 Å². The van der Waals surface area contributed by atoms with Crippen molar-refractivity contribution in [2.75, 3.05) is 12.3 Å². The molecule has 0 aliphatic heterocycles. The number of nitrogens with one attached hydrogen (secondary N) is 1. The van der Waals surface area contributed by atoms with Crippen LogP contribution in [0.4, 0.5) is 5.82 Å². The summed E-state index contributed by atoms with van der Waals surface area (Å²) in [5, 5.41) is 3.26. The molecule has 0 spiro atoms. The first kappa shape index (κ1) is 20.5. The van der Waals surface area contributed by atoms with E-state index in [1.54, 1.807) is 16.8 Å². The third-order valence-electron chi connectivity index (χ3n) is 5.42. The molecule has 4 aromatic rings. The number of nitrogen functional groups attached to an aromatic ring is 1. The fraction of sp³-hybridized carbons (Fsp3) is 0.250. The minimum Gasteiger partial charge on any atom is -0.352 e. The molecule has 1 aromatic carbocycles. The Morgan fingerprint density at radius 2 is 1.97 bits per heavy atom. The second-order valence-corrected chi connectivity index (χ2v) is 7.66. The van der Waals surface area contributed by atoms with E-state index in [0.29, 0.717) is 29.8 Å². The molecule has 3 N–H and O–H groups in total. The lowest BCUT2D eigenvalue weighted by Gasteiger charge is -2.13. The van der Waals surface area contributed by atoms with Gasteiger partial charge >= 0.3 is 0 Å². The number of pyridine rings is 2. The van der Waals surface area contributed by atoms with Gasteiger partial charge in [-0.15, -0.1) is 0 Å². The predicted molar refractivity (Wildman–Crippen MR) is 121 cm³/mol. The third kappa shape index (κ3) is 3.86. The lowest BCUT2D eigenvalue weighted by Crippen LogP contribution is -2.43. The van der Waals surface area contributed by atoms with E-state index >= 15 is 0 Å². The average molecular weight is 417 g/mol. The van der Waals surface area contributed by atoms with Crippen LogP contribution in [0, 0.1) is 6.92 Å². The van der Waals surface area contributed by atoms with Crippen LogP contribution in [0.2, 0.25) is 0 Å². The number of aryl methyl sites for hydroxylation is 1. The monoisotopic (exact) mass is 416 g/mol. The highest BCUT2D eigenvalue weighted by Gasteiger charge is 2.24. The number of benzene rings is 1. The van der Waals surface area contributed by atoms with E-state index in [0.717, 1.165) is 24.0 Å². The van der Waals surface area contributed by atoms with Crippen molar-refractivity contribution in [3.63, 3.8) is 0 Å². The highest BCUT2D eigenvalue weighted by atomic mass is 16.1. The van der Waals surface area contributed by atoms with Crippen LogP contribution in [0.5, 0.6) is 0 Å². The Morgan fingerprint density at radius 3 is 2.71 bits per heavy atom. The molecule has 4 rings (SSSR count). The zero-order valence-electron chi connectivity index (χ0n) is 17.8. The number of nitrogens with two attached hydrogens (primary N) is 1. The molecule has 1 amide bonds. The molecule has 0 unspecified atom stereocenters. The summed E-state index contributed by atoms with van der Waals surface area (Å²) in [6, 6.07) is 15.1. The largest absolute Gasteiger partial charge is 0.352 e. The van der Waals surface area contributed by atoms with Gasteiger partial charge in [0.1, 0.15) is 10.9 Å². The van der Waals surface area contributed by atoms with Crippen molar-refractivity contribution >= 4 is 28.4 Å². The lowest BCUT2D eigenvalue weighted by molar-refractivity contribution is -0.649. The molecule has 3 aromatic heterocycles. The van der Waals surface area contributed by atoms with Crippen LogP contribution in [0.3, 0.4) is 0 Å². The molecule has 0 bridgehead atoms. The van der Waals surface area contributed by atoms with Crippen molar-refractivity contribution in [1.29, 1.82) is 0 Å². The van der Waals surface area contributed by atoms with Crippen molar-refractivity contribution in [1.82, 2.24) is 14.7 Å².